The van der Waals surface area contributed by atoms with Gasteiger partial charge in [-0.15, -0.1) is 0 Å². The number of fused-ring (bicyclic) bond motifs is 2. The second-order valence-corrected chi connectivity index (χ2v) is 8.12. The van der Waals surface area contributed by atoms with Crippen molar-refractivity contribution >= 4 is 34.5 Å². The molecule has 4 heterocycles. The molecule has 2 N–H and O–H groups in total. The molecule has 1 fully saturated rings. The molecule has 0 radical (unpaired) electrons. The molecule has 182 valence electrons. The molecule has 12 nitrogen and oxygen atoms in total. The van der Waals surface area contributed by atoms with Gasteiger partial charge in [0.1, 0.15) is 17.4 Å². The van der Waals surface area contributed by atoms with Gasteiger partial charge in [-0.25, -0.2) is 9.78 Å². The Kier molecular flexibility index (Phi) is 6.19. The maximum absolute atomic E-state index is 12.4. The van der Waals surface area contributed by atoms with Gasteiger partial charge in [-0.1, -0.05) is 0 Å². The summed E-state index contributed by atoms with van der Waals surface area (Å²) in [6, 6.07) is 8.64. The number of hydrogen-bond donors (Lipinski definition) is 2. The first-order valence-electron chi connectivity index (χ1n) is 11.2. The fraction of sp³-hybridized carbons (Fsp3) is 0.348. The van der Waals surface area contributed by atoms with Crippen LogP contribution in [0.2, 0.25) is 0 Å². The molecule has 2 aliphatic rings. The van der Waals surface area contributed by atoms with Crippen LogP contribution in [0, 0.1) is 0 Å². The zero-order valence-electron chi connectivity index (χ0n) is 19.0. The van der Waals surface area contributed by atoms with E-state index in [-0.39, 0.29) is 24.2 Å². The molecule has 12 heteroatoms. The molecule has 1 saturated heterocycles. The number of pyridine rings is 1. The summed E-state index contributed by atoms with van der Waals surface area (Å²) in [6.07, 6.45) is 1.16. The summed E-state index contributed by atoms with van der Waals surface area (Å²) in [4.78, 5) is 46.3. The van der Waals surface area contributed by atoms with E-state index in [4.69, 9.17) is 14.2 Å². The molecule has 2 amide bonds. The highest BCUT2D eigenvalue weighted by molar-refractivity contribution is 5.97. The van der Waals surface area contributed by atoms with Gasteiger partial charge in [0.05, 0.1) is 25.5 Å². The highest BCUT2D eigenvalue weighted by Crippen LogP contribution is 2.33. The Balaban J connectivity index is 1.14. The Morgan fingerprint density at radius 1 is 1.20 bits per heavy atom. The largest absolute Gasteiger partial charge is 0.482 e. The number of hydrogen-bond acceptors (Lipinski definition) is 9. The standard InChI is InChI=1S/C23H24N6O6/c1-33-20-5-3-16-22(27-20)28(21(31)11-25-16)9-8-24-7-6-15-12-29(23(32)35-15)14-2-4-18-17(10-14)26-19(30)13-34-18/h2-5,10-11,15,24H,6-9,12-13H2,1H3,(H,26,30). The summed E-state index contributed by atoms with van der Waals surface area (Å²) >= 11 is 0. The smallest absolute Gasteiger partial charge is 0.414 e. The molecule has 5 rings (SSSR count). The topological polar surface area (TPSA) is 137 Å². The summed E-state index contributed by atoms with van der Waals surface area (Å²) in [6.45, 7) is 1.88. The van der Waals surface area contributed by atoms with Crippen molar-refractivity contribution in [3.8, 4) is 11.6 Å². The van der Waals surface area contributed by atoms with Crippen LogP contribution in [0.15, 0.2) is 41.3 Å². The predicted molar refractivity (Wildman–Crippen MR) is 126 cm³/mol. The van der Waals surface area contributed by atoms with Crippen molar-refractivity contribution in [2.75, 3.05) is 43.6 Å². The average molecular weight is 480 g/mol. The highest BCUT2D eigenvalue weighted by Gasteiger charge is 2.32. The number of nitrogens with zero attached hydrogens (tertiary/aromatic N) is 4. The molecular weight excluding hydrogens is 456 g/mol. The van der Waals surface area contributed by atoms with Crippen LogP contribution < -0.4 is 30.6 Å². The quantitative estimate of drug-likeness (QED) is 0.455. The van der Waals surface area contributed by atoms with E-state index < -0.39 is 6.09 Å². The van der Waals surface area contributed by atoms with Gasteiger partial charge >= 0.3 is 6.09 Å². The predicted octanol–water partition coefficient (Wildman–Crippen LogP) is 1.14. The number of carbonyl (C=O) groups is 2. The van der Waals surface area contributed by atoms with Crippen molar-refractivity contribution in [1.82, 2.24) is 19.9 Å². The summed E-state index contributed by atoms with van der Waals surface area (Å²) in [5.74, 6) is 0.740. The van der Waals surface area contributed by atoms with Crippen LogP contribution in [-0.2, 0) is 16.1 Å². The third kappa shape index (κ3) is 4.73. The number of anilines is 2. The molecule has 0 saturated carbocycles. The van der Waals surface area contributed by atoms with Gasteiger partial charge < -0.3 is 24.8 Å². The number of amides is 2. The van der Waals surface area contributed by atoms with Crippen LogP contribution in [0.4, 0.5) is 16.2 Å². The third-order valence-corrected chi connectivity index (χ3v) is 5.81. The Bertz CT molecular complexity index is 1340. The average Bonchev–Trinajstić information content (AvgIpc) is 3.24. The second kappa shape index (κ2) is 9.58. The van der Waals surface area contributed by atoms with Gasteiger partial charge in [0, 0.05) is 24.8 Å². The Morgan fingerprint density at radius 2 is 2.09 bits per heavy atom. The lowest BCUT2D eigenvalue weighted by molar-refractivity contribution is -0.118. The van der Waals surface area contributed by atoms with Crippen molar-refractivity contribution in [2.45, 2.75) is 19.1 Å². The lowest BCUT2D eigenvalue weighted by Crippen LogP contribution is -2.30. The molecule has 1 atom stereocenters. The van der Waals surface area contributed by atoms with Crippen LogP contribution in [0.3, 0.4) is 0 Å². The Labute approximate surface area is 199 Å². The zero-order valence-corrected chi connectivity index (χ0v) is 19.0. The molecule has 1 unspecified atom stereocenters. The monoisotopic (exact) mass is 480 g/mol. The number of aromatic nitrogens is 3. The van der Waals surface area contributed by atoms with E-state index in [0.29, 0.717) is 66.8 Å². The lowest BCUT2D eigenvalue weighted by Gasteiger charge is -2.20. The highest BCUT2D eigenvalue weighted by atomic mass is 16.6. The normalized spacial score (nSPS) is 17.1. The number of nitrogens with one attached hydrogen (secondary N) is 2. The first kappa shape index (κ1) is 22.6. The summed E-state index contributed by atoms with van der Waals surface area (Å²) in [7, 11) is 1.52. The fourth-order valence-electron chi connectivity index (χ4n) is 4.05. The van der Waals surface area contributed by atoms with Crippen LogP contribution >= 0.6 is 0 Å². The maximum Gasteiger partial charge on any atom is 0.414 e. The SMILES string of the molecule is COc1ccc2ncc(=O)n(CCNCCC3CN(c4ccc5c(c4)NC(=O)CO5)C(=O)O3)c2n1. The number of ether oxygens (including phenoxy) is 3. The molecule has 2 aliphatic heterocycles. The minimum absolute atomic E-state index is 0.0239. The molecule has 0 spiro atoms. The van der Waals surface area contributed by atoms with Gasteiger partial charge in [0.2, 0.25) is 5.88 Å². The molecule has 0 aliphatic carbocycles. The second-order valence-electron chi connectivity index (χ2n) is 8.12. The van der Waals surface area contributed by atoms with Crippen molar-refractivity contribution in [3.05, 3.63) is 46.9 Å². The number of cyclic esters (lactones) is 1. The molecule has 3 aromatic rings. The van der Waals surface area contributed by atoms with Gasteiger partial charge in [-0.3, -0.25) is 19.1 Å². The first-order valence-corrected chi connectivity index (χ1v) is 11.2. The van der Waals surface area contributed by atoms with E-state index in [0.717, 1.165) is 0 Å². The fourth-order valence-corrected chi connectivity index (χ4v) is 4.05. The van der Waals surface area contributed by atoms with E-state index in [9.17, 15) is 14.4 Å². The number of methoxy groups -OCH3 is 1. The summed E-state index contributed by atoms with van der Waals surface area (Å²) < 4.78 is 17.6. The van der Waals surface area contributed by atoms with Crippen molar-refractivity contribution in [2.24, 2.45) is 0 Å². The van der Waals surface area contributed by atoms with E-state index in [1.54, 1.807) is 34.9 Å². The van der Waals surface area contributed by atoms with Crippen molar-refractivity contribution < 1.29 is 23.8 Å². The molecule has 2 aromatic heterocycles. The Morgan fingerprint density at radius 3 is 2.94 bits per heavy atom. The summed E-state index contributed by atoms with van der Waals surface area (Å²) in [5, 5.41) is 6.02. The van der Waals surface area contributed by atoms with Gasteiger partial charge in [-0.2, -0.15) is 4.98 Å². The van der Waals surface area contributed by atoms with Crippen LogP contribution in [0.5, 0.6) is 11.6 Å². The van der Waals surface area contributed by atoms with Gasteiger partial charge in [0.15, 0.2) is 12.3 Å². The lowest BCUT2D eigenvalue weighted by atomic mass is 10.2. The maximum atomic E-state index is 12.4. The Hall–Kier alpha value is -4.19. The molecule has 0 bridgehead atoms. The van der Waals surface area contributed by atoms with Crippen LogP contribution in [0.1, 0.15) is 6.42 Å². The van der Waals surface area contributed by atoms with Crippen molar-refractivity contribution in [3.63, 3.8) is 0 Å². The van der Waals surface area contributed by atoms with E-state index in [1.165, 1.54) is 18.2 Å². The van der Waals surface area contributed by atoms with Crippen LogP contribution in [0.25, 0.3) is 11.2 Å². The number of carbonyl (C=O) groups excluding carboxylic acids is 2. The number of rotatable bonds is 8. The van der Waals surface area contributed by atoms with Crippen LogP contribution in [-0.4, -0.2) is 66.0 Å². The minimum Gasteiger partial charge on any atom is -0.482 e. The van der Waals surface area contributed by atoms with Crippen molar-refractivity contribution in [1.29, 1.82) is 0 Å². The minimum atomic E-state index is -0.437. The van der Waals surface area contributed by atoms with Gasteiger partial charge in [0.25, 0.3) is 11.5 Å². The summed E-state index contributed by atoms with van der Waals surface area (Å²) in [5.41, 5.74) is 1.99. The molecule has 1 aromatic carbocycles. The van der Waals surface area contributed by atoms with E-state index >= 15 is 0 Å². The number of benzene rings is 1. The molecular formula is C23H24N6O6. The zero-order chi connectivity index (χ0) is 24.4. The first-order chi connectivity index (χ1) is 17.0. The van der Waals surface area contributed by atoms with E-state index in [2.05, 4.69) is 20.6 Å². The van der Waals surface area contributed by atoms with E-state index in [1.807, 2.05) is 0 Å². The molecule has 35 heavy (non-hydrogen) atoms. The van der Waals surface area contributed by atoms with Gasteiger partial charge in [-0.05, 0) is 37.2 Å². The third-order valence-electron chi connectivity index (χ3n) is 5.81.